The molecule has 78 valence electrons. The summed E-state index contributed by atoms with van der Waals surface area (Å²) in [6.45, 7) is 2.02. The number of thiazole rings is 1. The Morgan fingerprint density at radius 1 is 1.47 bits per heavy atom. The van der Waals surface area contributed by atoms with Crippen LogP contribution in [0.3, 0.4) is 0 Å². The monoisotopic (exact) mass is 256 g/mol. The highest BCUT2D eigenvalue weighted by Gasteiger charge is 2.06. The SMILES string of the molecule is Cc1cc(N)c(Cl)cc1Sc1nccs1. The van der Waals surface area contributed by atoms with E-state index < -0.39 is 0 Å². The quantitative estimate of drug-likeness (QED) is 0.830. The van der Waals surface area contributed by atoms with Gasteiger partial charge in [0.05, 0.1) is 10.7 Å². The zero-order chi connectivity index (χ0) is 10.8. The fourth-order valence-electron chi connectivity index (χ4n) is 1.15. The van der Waals surface area contributed by atoms with Crippen molar-refractivity contribution < 1.29 is 0 Å². The molecule has 0 fully saturated rings. The van der Waals surface area contributed by atoms with Crippen LogP contribution in [0.1, 0.15) is 5.56 Å². The van der Waals surface area contributed by atoms with Crippen molar-refractivity contribution in [3.8, 4) is 0 Å². The van der Waals surface area contributed by atoms with Crippen molar-refractivity contribution in [2.24, 2.45) is 0 Å². The second-order valence-electron chi connectivity index (χ2n) is 3.04. The summed E-state index contributed by atoms with van der Waals surface area (Å²) in [5, 5.41) is 2.55. The van der Waals surface area contributed by atoms with Gasteiger partial charge < -0.3 is 5.73 Å². The van der Waals surface area contributed by atoms with Crippen LogP contribution in [0.5, 0.6) is 0 Å². The third kappa shape index (κ3) is 2.45. The van der Waals surface area contributed by atoms with Gasteiger partial charge in [0.25, 0.3) is 0 Å². The number of aryl methyl sites for hydroxylation is 1. The minimum atomic E-state index is 0.597. The van der Waals surface area contributed by atoms with Crippen molar-refractivity contribution >= 4 is 40.4 Å². The first-order valence-electron chi connectivity index (χ1n) is 4.30. The lowest BCUT2D eigenvalue weighted by atomic mass is 10.2. The van der Waals surface area contributed by atoms with Gasteiger partial charge in [-0.15, -0.1) is 11.3 Å². The first-order valence-corrected chi connectivity index (χ1v) is 6.37. The average molecular weight is 257 g/mol. The average Bonchev–Trinajstić information content (AvgIpc) is 2.67. The molecule has 15 heavy (non-hydrogen) atoms. The zero-order valence-electron chi connectivity index (χ0n) is 8.03. The Morgan fingerprint density at radius 3 is 2.93 bits per heavy atom. The zero-order valence-corrected chi connectivity index (χ0v) is 10.4. The maximum atomic E-state index is 5.97. The number of nitrogen functional groups attached to an aromatic ring is 1. The number of hydrogen-bond acceptors (Lipinski definition) is 4. The lowest BCUT2D eigenvalue weighted by Crippen LogP contribution is -1.89. The Labute approximate surface area is 101 Å². The molecule has 0 unspecified atom stereocenters. The molecule has 1 heterocycles. The number of aromatic nitrogens is 1. The molecule has 0 bridgehead atoms. The molecule has 5 heteroatoms. The Bertz CT molecular complexity index is 469. The maximum absolute atomic E-state index is 5.97. The normalized spacial score (nSPS) is 10.5. The predicted molar refractivity (Wildman–Crippen MR) is 66.8 cm³/mol. The molecule has 0 aliphatic carbocycles. The van der Waals surface area contributed by atoms with Gasteiger partial charge in [0, 0.05) is 16.5 Å². The van der Waals surface area contributed by atoms with Gasteiger partial charge in [-0.05, 0) is 24.6 Å². The molecule has 0 amide bonds. The molecule has 0 aliphatic rings. The maximum Gasteiger partial charge on any atom is 0.154 e. The number of nitrogens with zero attached hydrogens (tertiary/aromatic N) is 1. The van der Waals surface area contributed by atoms with Gasteiger partial charge in [-0.2, -0.15) is 0 Å². The molecule has 0 spiro atoms. The number of hydrogen-bond donors (Lipinski definition) is 1. The molecule has 0 saturated carbocycles. The topological polar surface area (TPSA) is 38.9 Å². The summed E-state index contributed by atoms with van der Waals surface area (Å²) in [6.07, 6.45) is 1.79. The Morgan fingerprint density at radius 2 is 2.27 bits per heavy atom. The van der Waals surface area contributed by atoms with E-state index in [-0.39, 0.29) is 0 Å². The number of anilines is 1. The molecule has 2 aromatic rings. The largest absolute Gasteiger partial charge is 0.398 e. The van der Waals surface area contributed by atoms with Crippen molar-refractivity contribution in [3.05, 3.63) is 34.3 Å². The molecular weight excluding hydrogens is 248 g/mol. The van der Waals surface area contributed by atoms with E-state index in [1.807, 2.05) is 24.4 Å². The number of rotatable bonds is 2. The molecule has 0 atom stereocenters. The fraction of sp³-hybridized carbons (Fsp3) is 0.100. The van der Waals surface area contributed by atoms with Crippen LogP contribution < -0.4 is 5.73 Å². The molecule has 0 aliphatic heterocycles. The molecule has 2 rings (SSSR count). The predicted octanol–water partition coefficient (Wildman–Crippen LogP) is 3.84. The molecular formula is C10H9ClN2S2. The van der Waals surface area contributed by atoms with Crippen LogP contribution in [-0.4, -0.2) is 4.98 Å². The Kier molecular flexibility index (Phi) is 3.19. The van der Waals surface area contributed by atoms with Crippen molar-refractivity contribution in [2.75, 3.05) is 5.73 Å². The highest BCUT2D eigenvalue weighted by Crippen LogP contribution is 2.35. The van der Waals surface area contributed by atoms with E-state index in [9.17, 15) is 0 Å². The highest BCUT2D eigenvalue weighted by molar-refractivity contribution is 8.01. The summed E-state index contributed by atoms with van der Waals surface area (Å²) in [5.74, 6) is 0. The van der Waals surface area contributed by atoms with E-state index in [0.29, 0.717) is 10.7 Å². The van der Waals surface area contributed by atoms with Gasteiger partial charge in [0.1, 0.15) is 0 Å². The summed E-state index contributed by atoms with van der Waals surface area (Å²) < 4.78 is 1.01. The second-order valence-corrected chi connectivity index (χ2v) is 5.63. The van der Waals surface area contributed by atoms with Crippen molar-refractivity contribution in [1.82, 2.24) is 4.98 Å². The number of benzene rings is 1. The minimum Gasteiger partial charge on any atom is -0.398 e. The van der Waals surface area contributed by atoms with Crippen LogP contribution in [0, 0.1) is 6.92 Å². The van der Waals surface area contributed by atoms with Gasteiger partial charge in [0.15, 0.2) is 4.34 Å². The van der Waals surface area contributed by atoms with Gasteiger partial charge in [0.2, 0.25) is 0 Å². The minimum absolute atomic E-state index is 0.597. The summed E-state index contributed by atoms with van der Waals surface area (Å²) >= 11 is 9.20. The van der Waals surface area contributed by atoms with Crippen LogP contribution in [-0.2, 0) is 0 Å². The van der Waals surface area contributed by atoms with E-state index in [0.717, 1.165) is 14.8 Å². The third-order valence-electron chi connectivity index (χ3n) is 1.90. The van der Waals surface area contributed by atoms with E-state index in [1.165, 1.54) is 0 Å². The van der Waals surface area contributed by atoms with Crippen LogP contribution in [0.15, 0.2) is 32.9 Å². The summed E-state index contributed by atoms with van der Waals surface area (Å²) in [7, 11) is 0. The summed E-state index contributed by atoms with van der Waals surface area (Å²) in [4.78, 5) is 5.31. The van der Waals surface area contributed by atoms with E-state index in [4.69, 9.17) is 17.3 Å². The van der Waals surface area contributed by atoms with Gasteiger partial charge in [-0.1, -0.05) is 23.4 Å². The summed E-state index contributed by atoms with van der Waals surface area (Å²) in [5.41, 5.74) is 7.45. The van der Waals surface area contributed by atoms with Gasteiger partial charge in [-0.3, -0.25) is 0 Å². The summed E-state index contributed by atoms with van der Waals surface area (Å²) in [6, 6.07) is 3.77. The first-order chi connectivity index (χ1) is 7.16. The van der Waals surface area contributed by atoms with E-state index in [1.54, 1.807) is 29.3 Å². The third-order valence-corrected chi connectivity index (χ3v) is 4.27. The van der Waals surface area contributed by atoms with Crippen molar-refractivity contribution in [1.29, 1.82) is 0 Å². The molecule has 2 nitrogen and oxygen atoms in total. The van der Waals surface area contributed by atoms with E-state index in [2.05, 4.69) is 4.98 Å². The van der Waals surface area contributed by atoms with Crippen LogP contribution in [0.4, 0.5) is 5.69 Å². The molecule has 0 radical (unpaired) electrons. The Hall–Kier alpha value is -0.710. The fourth-order valence-corrected chi connectivity index (χ4v) is 3.07. The van der Waals surface area contributed by atoms with Crippen LogP contribution in [0.25, 0.3) is 0 Å². The van der Waals surface area contributed by atoms with Crippen LogP contribution >= 0.6 is 34.7 Å². The molecule has 1 aromatic carbocycles. The molecule has 2 N–H and O–H groups in total. The standard InChI is InChI=1S/C10H9ClN2S2/c1-6-4-8(12)7(11)5-9(6)15-10-13-2-3-14-10/h2-5H,12H2,1H3. The smallest absolute Gasteiger partial charge is 0.154 e. The first kappa shape index (κ1) is 10.8. The number of halogens is 1. The van der Waals surface area contributed by atoms with Gasteiger partial charge in [-0.25, -0.2) is 4.98 Å². The number of nitrogens with two attached hydrogens (primary N) is 1. The van der Waals surface area contributed by atoms with Crippen molar-refractivity contribution in [2.45, 2.75) is 16.2 Å². The van der Waals surface area contributed by atoms with E-state index >= 15 is 0 Å². The molecule has 0 saturated heterocycles. The van der Waals surface area contributed by atoms with Gasteiger partial charge >= 0.3 is 0 Å². The molecule has 1 aromatic heterocycles. The Balaban J connectivity index is 2.33. The van der Waals surface area contributed by atoms with Crippen molar-refractivity contribution in [3.63, 3.8) is 0 Å². The second kappa shape index (κ2) is 4.43. The lowest BCUT2D eigenvalue weighted by Gasteiger charge is -2.06. The highest BCUT2D eigenvalue weighted by atomic mass is 35.5. The van der Waals surface area contributed by atoms with Crippen LogP contribution in [0.2, 0.25) is 5.02 Å². The lowest BCUT2D eigenvalue weighted by molar-refractivity contribution is 1.23.